The van der Waals surface area contributed by atoms with E-state index in [0.717, 1.165) is 0 Å². The molecular formula is C16H22BNO6. The molecule has 1 aliphatic carbocycles. The van der Waals surface area contributed by atoms with E-state index < -0.39 is 24.9 Å². The molecule has 1 unspecified atom stereocenters. The Morgan fingerprint density at radius 3 is 2.92 bits per heavy atom. The maximum absolute atomic E-state index is 11.8. The Bertz CT molecular complexity index is 613. The number of ether oxygens (including phenoxy) is 3. The first-order valence-corrected chi connectivity index (χ1v) is 7.61. The van der Waals surface area contributed by atoms with Gasteiger partial charge in [-0.2, -0.15) is 0 Å². The molecule has 0 radical (unpaired) electrons. The monoisotopic (exact) mass is 335 g/mol. The van der Waals surface area contributed by atoms with Crippen molar-refractivity contribution >= 4 is 13.2 Å². The minimum Gasteiger partial charge on any atom is -0.468 e. The van der Waals surface area contributed by atoms with Crippen molar-refractivity contribution in [2.75, 3.05) is 20.4 Å². The van der Waals surface area contributed by atoms with E-state index in [9.17, 15) is 9.82 Å². The number of hydrogen-bond donors (Lipinski definition) is 2. The van der Waals surface area contributed by atoms with Gasteiger partial charge in [0, 0.05) is 18.2 Å². The zero-order chi connectivity index (χ0) is 17.7. The maximum atomic E-state index is 11.8. The van der Waals surface area contributed by atoms with Gasteiger partial charge < -0.3 is 29.2 Å². The number of nitrogens with one attached hydrogen (secondary N) is 1. The molecule has 0 aromatic rings. The first kappa shape index (κ1) is 18.4. The van der Waals surface area contributed by atoms with Crippen molar-refractivity contribution in [3.63, 3.8) is 0 Å². The molecule has 0 aromatic heterocycles. The number of carbonyl (C=O) groups is 1. The lowest BCUT2D eigenvalue weighted by molar-refractivity contribution is 0.00960. The summed E-state index contributed by atoms with van der Waals surface area (Å²) in [5.41, 5.74) is 3.57. The van der Waals surface area contributed by atoms with Crippen LogP contribution in [0.5, 0.6) is 0 Å². The Morgan fingerprint density at radius 2 is 2.25 bits per heavy atom. The van der Waals surface area contributed by atoms with E-state index in [4.69, 9.17) is 18.9 Å². The van der Waals surface area contributed by atoms with Crippen molar-refractivity contribution in [3.8, 4) is 0 Å². The Hall–Kier alpha value is -1.99. The lowest BCUT2D eigenvalue weighted by Crippen LogP contribution is -2.37. The summed E-state index contributed by atoms with van der Waals surface area (Å²) in [7, 11) is 0.344. The second kappa shape index (κ2) is 7.72. The Labute approximate surface area is 141 Å². The fraction of sp³-hybridized carbons (Fsp3) is 0.500. The minimum absolute atomic E-state index is 0.0456. The molecule has 1 amide bonds. The van der Waals surface area contributed by atoms with Gasteiger partial charge in [-0.05, 0) is 32.9 Å². The van der Waals surface area contributed by atoms with Crippen molar-refractivity contribution in [3.05, 3.63) is 40.8 Å². The second-order valence-corrected chi connectivity index (χ2v) is 6.27. The zero-order valence-electron chi connectivity index (χ0n) is 14.3. The highest BCUT2D eigenvalue weighted by Gasteiger charge is 2.41. The molecule has 1 saturated heterocycles. The molecule has 1 fully saturated rings. The van der Waals surface area contributed by atoms with Crippen LogP contribution in [0.1, 0.15) is 20.8 Å². The van der Waals surface area contributed by atoms with Crippen molar-refractivity contribution in [2.45, 2.75) is 32.5 Å². The molecule has 8 heteroatoms. The molecular weight excluding hydrogens is 313 g/mol. The third-order valence-corrected chi connectivity index (χ3v) is 3.16. The zero-order valence-corrected chi connectivity index (χ0v) is 14.3. The van der Waals surface area contributed by atoms with Crippen molar-refractivity contribution in [2.24, 2.45) is 0 Å². The molecule has 2 rings (SSSR count). The number of methoxy groups -OCH3 is 1. The van der Waals surface area contributed by atoms with Gasteiger partial charge in [-0.3, -0.25) is 0 Å². The Morgan fingerprint density at radius 1 is 1.50 bits per heavy atom. The first-order valence-electron chi connectivity index (χ1n) is 7.61. The largest absolute Gasteiger partial charge is 0.496 e. The molecule has 130 valence electrons. The van der Waals surface area contributed by atoms with Gasteiger partial charge >= 0.3 is 13.2 Å². The normalized spacial score (nSPS) is 19.8. The van der Waals surface area contributed by atoms with E-state index in [-0.39, 0.29) is 13.3 Å². The van der Waals surface area contributed by atoms with E-state index in [1.165, 1.54) is 7.11 Å². The molecule has 24 heavy (non-hydrogen) atoms. The number of amides is 1. The minimum atomic E-state index is -1.17. The SMILES string of the molecule is COCOC1=C2B(O)OC(CNC(=O)OC(C)(C)C)C2=C=CC=C1. The lowest BCUT2D eigenvalue weighted by atomic mass is 9.76. The first-order chi connectivity index (χ1) is 11.3. The molecule has 7 nitrogen and oxygen atoms in total. The van der Waals surface area contributed by atoms with E-state index in [0.29, 0.717) is 16.8 Å². The van der Waals surface area contributed by atoms with Crippen LogP contribution in [0.15, 0.2) is 40.8 Å². The van der Waals surface area contributed by atoms with Gasteiger partial charge in [0.2, 0.25) is 0 Å². The van der Waals surface area contributed by atoms with Crippen LogP contribution in [0.4, 0.5) is 4.79 Å². The van der Waals surface area contributed by atoms with Crippen LogP contribution in [-0.2, 0) is 18.9 Å². The van der Waals surface area contributed by atoms with Gasteiger partial charge in [0.05, 0.1) is 12.6 Å². The summed E-state index contributed by atoms with van der Waals surface area (Å²) >= 11 is 0. The smallest absolute Gasteiger partial charge is 0.468 e. The molecule has 0 aromatic carbocycles. The summed E-state index contributed by atoms with van der Waals surface area (Å²) in [5, 5.41) is 12.8. The average molecular weight is 335 g/mol. The van der Waals surface area contributed by atoms with E-state index in [1.807, 2.05) is 0 Å². The van der Waals surface area contributed by atoms with E-state index in [1.54, 1.807) is 39.0 Å². The summed E-state index contributed by atoms with van der Waals surface area (Å²) in [5.74, 6) is 0.445. The topological polar surface area (TPSA) is 86.3 Å². The van der Waals surface area contributed by atoms with E-state index >= 15 is 0 Å². The number of fused-ring (bicyclic) bond motifs is 1. The fourth-order valence-electron chi connectivity index (χ4n) is 2.28. The summed E-state index contributed by atoms with van der Waals surface area (Å²) in [4.78, 5) is 11.8. The number of allylic oxidation sites excluding steroid dienone is 2. The second-order valence-electron chi connectivity index (χ2n) is 6.27. The van der Waals surface area contributed by atoms with Gasteiger partial charge in [-0.15, -0.1) is 5.73 Å². The van der Waals surface area contributed by atoms with Gasteiger partial charge in [0.25, 0.3) is 0 Å². The Balaban J connectivity index is 2.09. The van der Waals surface area contributed by atoms with Crippen LogP contribution in [0.2, 0.25) is 0 Å². The highest BCUT2D eigenvalue weighted by Crippen LogP contribution is 2.31. The molecule has 2 N–H and O–H groups in total. The molecule has 1 atom stereocenters. The molecule has 2 aliphatic rings. The van der Waals surface area contributed by atoms with Crippen molar-refractivity contribution in [1.82, 2.24) is 5.32 Å². The molecule has 0 spiro atoms. The van der Waals surface area contributed by atoms with Crippen LogP contribution in [0, 0.1) is 0 Å². The third-order valence-electron chi connectivity index (χ3n) is 3.16. The average Bonchev–Trinajstić information content (AvgIpc) is 2.67. The van der Waals surface area contributed by atoms with Crippen LogP contribution in [0.3, 0.4) is 0 Å². The predicted molar refractivity (Wildman–Crippen MR) is 87.8 cm³/mol. The van der Waals surface area contributed by atoms with Crippen LogP contribution in [-0.4, -0.2) is 50.4 Å². The van der Waals surface area contributed by atoms with Gasteiger partial charge in [-0.25, -0.2) is 4.79 Å². The number of carbonyl (C=O) groups excluding carboxylic acids is 1. The quantitative estimate of drug-likeness (QED) is 0.449. The van der Waals surface area contributed by atoms with Crippen molar-refractivity contribution < 1.29 is 28.7 Å². The molecule has 0 saturated carbocycles. The highest BCUT2D eigenvalue weighted by atomic mass is 16.7. The number of hydrogen-bond acceptors (Lipinski definition) is 6. The van der Waals surface area contributed by atoms with Gasteiger partial charge in [-0.1, -0.05) is 6.08 Å². The van der Waals surface area contributed by atoms with Crippen LogP contribution in [0.25, 0.3) is 0 Å². The summed E-state index contributed by atoms with van der Waals surface area (Å²) < 4.78 is 21.1. The molecule has 1 heterocycles. The fourth-order valence-corrected chi connectivity index (χ4v) is 2.28. The predicted octanol–water partition coefficient (Wildman–Crippen LogP) is 1.46. The lowest BCUT2D eigenvalue weighted by Gasteiger charge is -2.20. The van der Waals surface area contributed by atoms with Gasteiger partial charge in [0.1, 0.15) is 11.4 Å². The van der Waals surface area contributed by atoms with Crippen LogP contribution >= 0.6 is 0 Å². The van der Waals surface area contributed by atoms with E-state index in [2.05, 4.69) is 11.0 Å². The van der Waals surface area contributed by atoms with Crippen molar-refractivity contribution in [1.29, 1.82) is 0 Å². The third kappa shape index (κ3) is 4.75. The molecule has 0 bridgehead atoms. The number of rotatable bonds is 5. The molecule has 1 aliphatic heterocycles. The highest BCUT2D eigenvalue weighted by molar-refractivity contribution is 6.55. The summed E-state index contributed by atoms with van der Waals surface area (Å²) in [6.45, 7) is 5.54. The number of alkyl carbamates (subject to hydrolysis) is 1. The van der Waals surface area contributed by atoms with Gasteiger partial charge in [0.15, 0.2) is 6.79 Å². The summed E-state index contributed by atoms with van der Waals surface area (Å²) in [6, 6.07) is 0. The standard InChI is InChI=1S/C16H22BNO6/c1-16(2,3)23-15(19)18-9-13-11-7-5-6-8-12(22-10-21-4)14(11)17(20)24-13/h5-6,8,13,20H,9-10H2,1-4H3,(H,18,19). The summed E-state index contributed by atoms with van der Waals surface area (Å²) in [6.07, 6.45) is 4.03. The Kier molecular flexibility index (Phi) is 5.91. The van der Waals surface area contributed by atoms with Crippen LogP contribution < -0.4 is 5.32 Å². The maximum Gasteiger partial charge on any atom is 0.496 e.